The maximum atomic E-state index is 13.8. The molecule has 0 fully saturated rings. The summed E-state index contributed by atoms with van der Waals surface area (Å²) in [5.41, 5.74) is -0.475. The van der Waals surface area contributed by atoms with Gasteiger partial charge in [0, 0.05) is 17.7 Å². The second-order valence-electron chi connectivity index (χ2n) is 4.33. The van der Waals surface area contributed by atoms with Gasteiger partial charge in [-0.15, -0.1) is 0 Å². The number of halogens is 2. The molecule has 17 heavy (non-hydrogen) atoms. The molecule has 96 valence electrons. The quantitative estimate of drug-likeness (QED) is 0.804. The van der Waals surface area contributed by atoms with Gasteiger partial charge in [-0.05, 0) is 32.4 Å². The van der Waals surface area contributed by atoms with Gasteiger partial charge in [-0.3, -0.25) is 0 Å². The smallest absolute Gasteiger partial charge is 0.163 e. The van der Waals surface area contributed by atoms with Gasteiger partial charge in [0.05, 0.1) is 0 Å². The van der Waals surface area contributed by atoms with E-state index in [-0.39, 0.29) is 12.2 Å². The first-order chi connectivity index (χ1) is 8.05. The molecule has 4 heteroatoms. The average Bonchev–Trinajstić information content (AvgIpc) is 2.30. The lowest BCUT2D eigenvalue weighted by Crippen LogP contribution is -2.41. The van der Waals surface area contributed by atoms with E-state index in [0.717, 1.165) is 12.5 Å². The van der Waals surface area contributed by atoms with Crippen LogP contribution in [-0.2, 0) is 5.54 Å². The first-order valence-electron chi connectivity index (χ1n) is 5.85. The number of benzene rings is 1. The van der Waals surface area contributed by atoms with Crippen LogP contribution in [0.3, 0.4) is 0 Å². The van der Waals surface area contributed by atoms with Crippen molar-refractivity contribution in [1.82, 2.24) is 5.32 Å². The summed E-state index contributed by atoms with van der Waals surface area (Å²) in [6.45, 7) is 4.38. The van der Waals surface area contributed by atoms with Crippen LogP contribution in [0.5, 0.6) is 0 Å². The van der Waals surface area contributed by atoms with Crippen LogP contribution in [0.2, 0.25) is 0 Å². The van der Waals surface area contributed by atoms with Crippen LogP contribution in [0, 0.1) is 11.6 Å². The fourth-order valence-corrected chi connectivity index (χ4v) is 1.87. The summed E-state index contributed by atoms with van der Waals surface area (Å²) in [5, 5.41) is 12.2. The van der Waals surface area contributed by atoms with Gasteiger partial charge in [-0.2, -0.15) is 0 Å². The molecular formula is C13H19F2NO. The minimum absolute atomic E-state index is 0.0802. The molecule has 0 bridgehead atoms. The molecule has 0 heterocycles. The molecule has 0 aliphatic heterocycles. The molecule has 0 spiro atoms. The van der Waals surface area contributed by atoms with E-state index < -0.39 is 17.2 Å². The van der Waals surface area contributed by atoms with Crippen LogP contribution in [0.4, 0.5) is 8.78 Å². The van der Waals surface area contributed by atoms with E-state index in [1.54, 1.807) is 13.0 Å². The van der Waals surface area contributed by atoms with E-state index in [4.69, 9.17) is 5.11 Å². The Balaban J connectivity index is 3.08. The lowest BCUT2D eigenvalue weighted by molar-refractivity contribution is 0.216. The molecule has 2 nitrogen and oxygen atoms in total. The molecule has 1 rings (SSSR count). The lowest BCUT2D eigenvalue weighted by Gasteiger charge is -2.31. The van der Waals surface area contributed by atoms with Crippen LogP contribution < -0.4 is 5.32 Å². The van der Waals surface area contributed by atoms with Crippen molar-refractivity contribution in [3.8, 4) is 0 Å². The van der Waals surface area contributed by atoms with Crippen molar-refractivity contribution >= 4 is 0 Å². The van der Waals surface area contributed by atoms with Gasteiger partial charge in [0.25, 0.3) is 0 Å². The number of aliphatic hydroxyl groups is 1. The third-order valence-electron chi connectivity index (χ3n) is 2.92. The third-order valence-corrected chi connectivity index (χ3v) is 2.92. The molecule has 1 atom stereocenters. The van der Waals surface area contributed by atoms with E-state index in [2.05, 4.69) is 5.32 Å². The van der Waals surface area contributed by atoms with Gasteiger partial charge < -0.3 is 10.4 Å². The minimum atomic E-state index is -0.857. The molecule has 0 saturated heterocycles. The fourth-order valence-electron chi connectivity index (χ4n) is 1.87. The fraction of sp³-hybridized carbons (Fsp3) is 0.538. The topological polar surface area (TPSA) is 32.3 Å². The lowest BCUT2D eigenvalue weighted by atomic mass is 9.88. The Labute approximate surface area is 101 Å². The Morgan fingerprint density at radius 1 is 1.35 bits per heavy atom. The van der Waals surface area contributed by atoms with Gasteiger partial charge >= 0.3 is 0 Å². The van der Waals surface area contributed by atoms with Crippen molar-refractivity contribution < 1.29 is 13.9 Å². The average molecular weight is 243 g/mol. The Morgan fingerprint density at radius 2 is 2.06 bits per heavy atom. The molecule has 2 N–H and O–H groups in total. The first kappa shape index (κ1) is 14.1. The highest BCUT2D eigenvalue weighted by Gasteiger charge is 2.29. The van der Waals surface area contributed by atoms with Crippen molar-refractivity contribution in [1.29, 1.82) is 0 Å². The normalized spacial score (nSPS) is 14.6. The molecule has 0 radical (unpaired) electrons. The maximum absolute atomic E-state index is 13.8. The van der Waals surface area contributed by atoms with Gasteiger partial charge in [0.2, 0.25) is 0 Å². The molecule has 0 aromatic heterocycles. The summed E-state index contributed by atoms with van der Waals surface area (Å²) in [4.78, 5) is 0. The van der Waals surface area contributed by atoms with Crippen molar-refractivity contribution in [2.24, 2.45) is 0 Å². The van der Waals surface area contributed by atoms with E-state index in [1.807, 2.05) is 6.92 Å². The van der Waals surface area contributed by atoms with Gasteiger partial charge in [-0.1, -0.05) is 19.1 Å². The minimum Gasteiger partial charge on any atom is -0.396 e. The Bertz CT molecular complexity index is 370. The van der Waals surface area contributed by atoms with Crippen LogP contribution in [0.15, 0.2) is 18.2 Å². The number of aliphatic hydroxyl groups excluding tert-OH is 1. The summed E-state index contributed by atoms with van der Waals surface area (Å²) >= 11 is 0. The Hall–Kier alpha value is -1.00. The predicted molar refractivity (Wildman–Crippen MR) is 63.7 cm³/mol. The molecule has 0 saturated carbocycles. The molecule has 1 aromatic rings. The molecule has 0 aliphatic carbocycles. The van der Waals surface area contributed by atoms with E-state index in [9.17, 15) is 8.78 Å². The molecule has 0 aliphatic rings. The highest BCUT2D eigenvalue weighted by molar-refractivity contribution is 5.26. The highest BCUT2D eigenvalue weighted by atomic mass is 19.2. The van der Waals surface area contributed by atoms with Crippen LogP contribution in [-0.4, -0.2) is 18.3 Å². The molecular weight excluding hydrogens is 224 g/mol. The van der Waals surface area contributed by atoms with Crippen LogP contribution in [0.25, 0.3) is 0 Å². The summed E-state index contributed by atoms with van der Waals surface area (Å²) in [5.74, 6) is -1.70. The second-order valence-corrected chi connectivity index (χ2v) is 4.33. The summed E-state index contributed by atoms with van der Waals surface area (Å²) < 4.78 is 27.0. The van der Waals surface area contributed by atoms with Crippen molar-refractivity contribution in [2.75, 3.05) is 13.2 Å². The van der Waals surface area contributed by atoms with Crippen LogP contribution >= 0.6 is 0 Å². The number of nitrogens with one attached hydrogen (secondary N) is 1. The first-order valence-corrected chi connectivity index (χ1v) is 5.85. The zero-order chi connectivity index (χ0) is 12.9. The molecule has 1 aromatic carbocycles. The Morgan fingerprint density at radius 3 is 2.65 bits per heavy atom. The standard InChI is InChI=1S/C13H19F2NO/c1-3-8-16-13(2,7-9-17)10-5-4-6-11(14)12(10)15/h4-6,16-17H,3,7-9H2,1-2H3. The number of hydrogen-bond acceptors (Lipinski definition) is 2. The monoisotopic (exact) mass is 243 g/mol. The zero-order valence-electron chi connectivity index (χ0n) is 10.3. The Kier molecular flexibility index (Phi) is 5.02. The number of hydrogen-bond donors (Lipinski definition) is 2. The number of rotatable bonds is 6. The summed E-state index contributed by atoms with van der Waals surface area (Å²) in [6.07, 6.45) is 1.23. The molecule has 1 unspecified atom stereocenters. The molecule has 0 amide bonds. The highest BCUT2D eigenvalue weighted by Crippen LogP contribution is 2.28. The summed E-state index contributed by atoms with van der Waals surface area (Å²) in [7, 11) is 0. The third kappa shape index (κ3) is 3.23. The van der Waals surface area contributed by atoms with E-state index in [1.165, 1.54) is 6.07 Å². The van der Waals surface area contributed by atoms with E-state index in [0.29, 0.717) is 13.0 Å². The van der Waals surface area contributed by atoms with Gasteiger partial charge in [0.15, 0.2) is 11.6 Å². The largest absolute Gasteiger partial charge is 0.396 e. The zero-order valence-corrected chi connectivity index (χ0v) is 10.3. The van der Waals surface area contributed by atoms with Crippen LogP contribution in [0.1, 0.15) is 32.3 Å². The predicted octanol–water partition coefficient (Wildman–Crippen LogP) is 2.56. The SMILES string of the molecule is CCCNC(C)(CCO)c1cccc(F)c1F. The van der Waals surface area contributed by atoms with Crippen molar-refractivity contribution in [3.63, 3.8) is 0 Å². The van der Waals surface area contributed by atoms with Gasteiger partial charge in [0.1, 0.15) is 0 Å². The second kappa shape index (κ2) is 6.07. The van der Waals surface area contributed by atoms with Gasteiger partial charge in [-0.25, -0.2) is 8.78 Å². The van der Waals surface area contributed by atoms with Crippen molar-refractivity contribution in [2.45, 2.75) is 32.2 Å². The van der Waals surface area contributed by atoms with E-state index >= 15 is 0 Å². The van der Waals surface area contributed by atoms with Crippen molar-refractivity contribution in [3.05, 3.63) is 35.4 Å². The maximum Gasteiger partial charge on any atom is 0.163 e. The summed E-state index contributed by atoms with van der Waals surface area (Å²) in [6, 6.07) is 4.13.